The summed E-state index contributed by atoms with van der Waals surface area (Å²) in [6, 6.07) is 0. The van der Waals surface area contributed by atoms with Gasteiger partial charge in [-0.25, -0.2) is 4.39 Å². The molecular weight excluding hydrogens is 146 g/mol. The number of hydrogen-bond donors (Lipinski definition) is 0. The van der Waals surface area contributed by atoms with Crippen LogP contribution in [0.3, 0.4) is 0 Å². The van der Waals surface area contributed by atoms with Gasteiger partial charge >= 0.3 is 0 Å². The van der Waals surface area contributed by atoms with Crippen LogP contribution in [0.25, 0.3) is 0 Å². The summed E-state index contributed by atoms with van der Waals surface area (Å²) < 4.78 is 9.80. The van der Waals surface area contributed by atoms with Crippen LogP contribution in [0.1, 0.15) is 0 Å². The smallest absolute Gasteiger partial charge is 0.207 e. The molecule has 4 heavy (non-hydrogen) atoms. The average Bonchev–Trinajstić information content (AvgIpc) is 0.811. The molecule has 0 fully saturated rings. The fourth-order valence-electron chi connectivity index (χ4n) is 0. The fourth-order valence-corrected chi connectivity index (χ4v) is 0. The fraction of sp³-hybridized carbons (Fsp3) is 0. The van der Waals surface area contributed by atoms with E-state index in [9.17, 15) is 4.39 Å². The maximum atomic E-state index is 10.6. The van der Waals surface area contributed by atoms with E-state index in [1.54, 1.807) is 0 Å². The molecule has 0 amide bonds. The summed E-state index contributed by atoms with van der Waals surface area (Å²) in [4.78, 5) is 0. The third-order valence-corrected chi connectivity index (χ3v) is 0. The van der Waals surface area contributed by atoms with Gasteiger partial charge in [0, 0.05) is 0 Å². The minimum atomic E-state index is -0.799. The van der Waals surface area contributed by atoms with Gasteiger partial charge in [-0.1, -0.05) is 11.6 Å². The van der Waals surface area contributed by atoms with E-state index in [0.29, 0.717) is 0 Å². The van der Waals surface area contributed by atoms with Crippen LogP contribution < -0.4 is 0 Å². The topological polar surface area (TPSA) is 0 Å². The zero-order valence-corrected chi connectivity index (χ0v) is 3.98. The molecule has 0 aliphatic rings. The predicted molar refractivity (Wildman–Crippen MR) is 19.1 cm³/mol. The Morgan fingerprint density at radius 3 is 2.00 bits per heavy atom. The number of rotatable bonds is 0. The van der Waals surface area contributed by atoms with Crippen molar-refractivity contribution in [2.75, 3.05) is 0 Å². The minimum Gasteiger partial charge on any atom is -0.207 e. The van der Waals surface area contributed by atoms with E-state index in [2.05, 4.69) is 27.5 Å². The molecule has 0 unspecified atom stereocenters. The summed E-state index contributed by atoms with van der Waals surface area (Å²) >= 11 is 6.73. The van der Waals surface area contributed by atoms with Gasteiger partial charge < -0.3 is 0 Å². The van der Waals surface area contributed by atoms with Gasteiger partial charge in [-0.2, -0.15) is 0 Å². The molecule has 3 heteroatoms. The van der Waals surface area contributed by atoms with E-state index >= 15 is 0 Å². The van der Waals surface area contributed by atoms with E-state index < -0.39 is 4.54 Å². The first-order chi connectivity index (χ1) is 1.73. The van der Waals surface area contributed by atoms with Crippen LogP contribution in [-0.4, -0.2) is 0 Å². The molecule has 0 saturated heterocycles. The lowest BCUT2D eigenvalue weighted by molar-refractivity contribution is 0.666. The van der Waals surface area contributed by atoms with E-state index in [-0.39, 0.29) is 0 Å². The Morgan fingerprint density at radius 1 is 2.00 bits per heavy atom. The third-order valence-electron chi connectivity index (χ3n) is 0. The highest BCUT2D eigenvalue weighted by Gasteiger charge is 1.84. The van der Waals surface area contributed by atoms with Gasteiger partial charge in [-0.3, -0.25) is 0 Å². The summed E-state index contributed by atoms with van der Waals surface area (Å²) in [5.41, 5.74) is 0. The maximum Gasteiger partial charge on any atom is 0.295 e. The van der Waals surface area contributed by atoms with Gasteiger partial charge in [-0.15, -0.1) is 0 Å². The summed E-state index contributed by atoms with van der Waals surface area (Å²) in [6.45, 7) is 0. The zero-order chi connectivity index (χ0) is 3.58. The molecule has 0 nitrogen and oxygen atoms in total. The highest BCUT2D eigenvalue weighted by atomic mass is 79.9. The Kier molecular flexibility index (Phi) is 2.32. The first-order valence-corrected chi connectivity index (χ1v) is 1.74. The van der Waals surface area contributed by atoms with Crippen molar-refractivity contribution in [3.8, 4) is 0 Å². The Bertz CT molecular complexity index is 12.8. The second-order valence-electron chi connectivity index (χ2n) is 0.214. The molecule has 0 aromatic heterocycles. The summed E-state index contributed by atoms with van der Waals surface area (Å²) in [5.74, 6) is 0. The molecule has 0 N–H and O–H groups in total. The van der Waals surface area contributed by atoms with Crippen molar-refractivity contribution < 1.29 is 4.39 Å². The zero-order valence-electron chi connectivity index (χ0n) is 1.63. The van der Waals surface area contributed by atoms with Crippen LogP contribution in [0.15, 0.2) is 0 Å². The van der Waals surface area contributed by atoms with Crippen molar-refractivity contribution in [2.45, 2.75) is 0 Å². The Balaban J connectivity index is 2.32. The van der Waals surface area contributed by atoms with Gasteiger partial charge in [-0.05, 0) is 15.9 Å². The third kappa shape index (κ3) is 15.9. The van der Waals surface area contributed by atoms with Crippen LogP contribution in [0.5, 0.6) is 0 Å². The molecule has 0 heterocycles. The van der Waals surface area contributed by atoms with Gasteiger partial charge in [0.05, 0.1) is 0 Å². The standard InChI is InChI=1S/CBrClF/c2-1(3)4. The highest BCUT2D eigenvalue weighted by molar-refractivity contribution is 9.11. The molecule has 0 aromatic carbocycles. The van der Waals surface area contributed by atoms with Crippen molar-refractivity contribution in [1.29, 1.82) is 0 Å². The first kappa shape index (κ1) is 4.70. The molecule has 0 aliphatic heterocycles. The predicted octanol–water partition coefficient (Wildman–Crippen LogP) is 2.04. The Hall–Kier alpha value is 0.700. The molecule has 0 atom stereocenters. The van der Waals surface area contributed by atoms with Crippen molar-refractivity contribution in [2.24, 2.45) is 0 Å². The largest absolute Gasteiger partial charge is 0.295 e. The molecule has 0 saturated carbocycles. The van der Waals surface area contributed by atoms with Crippen LogP contribution in [0.4, 0.5) is 4.39 Å². The van der Waals surface area contributed by atoms with Gasteiger partial charge in [0.25, 0.3) is 4.54 Å². The average molecular weight is 146 g/mol. The lowest BCUT2D eigenvalue weighted by atomic mass is 11.8. The second-order valence-corrected chi connectivity index (χ2v) is 1.70. The molecule has 1 radical (unpaired) electrons. The molecule has 25 valence electrons. The highest BCUT2D eigenvalue weighted by Crippen LogP contribution is 2.13. The van der Waals surface area contributed by atoms with Crippen LogP contribution >= 0.6 is 27.5 Å². The van der Waals surface area contributed by atoms with Gasteiger partial charge in [0.1, 0.15) is 0 Å². The number of hydrogen-bond acceptors (Lipinski definition) is 0. The van der Waals surface area contributed by atoms with Crippen molar-refractivity contribution in [3.63, 3.8) is 0 Å². The molecular formula is CBrClF. The monoisotopic (exact) mass is 145 g/mol. The van der Waals surface area contributed by atoms with Crippen molar-refractivity contribution in [3.05, 3.63) is 4.54 Å². The Morgan fingerprint density at radius 2 is 2.00 bits per heavy atom. The molecule has 0 aromatic rings. The summed E-state index contributed by atoms with van der Waals surface area (Å²) in [6.07, 6.45) is 0. The van der Waals surface area contributed by atoms with Gasteiger partial charge in [0.15, 0.2) is 0 Å². The van der Waals surface area contributed by atoms with E-state index in [0.717, 1.165) is 0 Å². The normalized spacial score (nSPS) is 9.00. The molecule has 0 bridgehead atoms. The van der Waals surface area contributed by atoms with E-state index in [1.165, 1.54) is 0 Å². The first-order valence-electron chi connectivity index (χ1n) is 0.567. The van der Waals surface area contributed by atoms with Crippen LogP contribution in [0, 0.1) is 4.54 Å². The van der Waals surface area contributed by atoms with E-state index in [4.69, 9.17) is 0 Å². The minimum absolute atomic E-state index is 0.799. The maximum absolute atomic E-state index is 10.6. The molecule has 0 aliphatic carbocycles. The SMILES string of the molecule is F[C](Cl)Br. The Labute approximate surface area is 37.1 Å². The van der Waals surface area contributed by atoms with Crippen molar-refractivity contribution in [1.82, 2.24) is 0 Å². The van der Waals surface area contributed by atoms with E-state index in [1.807, 2.05) is 0 Å². The van der Waals surface area contributed by atoms with Crippen LogP contribution in [0.2, 0.25) is 0 Å². The molecule has 0 rings (SSSR count). The van der Waals surface area contributed by atoms with Crippen molar-refractivity contribution >= 4 is 27.5 Å². The lowest BCUT2D eigenvalue weighted by Gasteiger charge is -1.65. The number of halogens is 3. The quantitative estimate of drug-likeness (QED) is 0.490. The molecule has 0 spiro atoms. The van der Waals surface area contributed by atoms with Crippen LogP contribution in [-0.2, 0) is 0 Å². The van der Waals surface area contributed by atoms with Gasteiger partial charge in [0.2, 0.25) is 0 Å². The summed E-state index contributed by atoms with van der Waals surface area (Å²) in [7, 11) is 0. The lowest BCUT2D eigenvalue weighted by Crippen LogP contribution is -1.39. The second kappa shape index (κ2) is 1.97. The summed E-state index contributed by atoms with van der Waals surface area (Å²) in [5, 5.41) is 0.